The van der Waals surface area contributed by atoms with Gasteiger partial charge in [0.2, 0.25) is 0 Å². The molecule has 3 aromatic rings. The number of benzene rings is 2. The van der Waals surface area contributed by atoms with E-state index < -0.39 is 0 Å². The number of hydrogen-bond acceptors (Lipinski definition) is 2. The van der Waals surface area contributed by atoms with Crippen LogP contribution in [0.15, 0.2) is 42.5 Å². The van der Waals surface area contributed by atoms with Crippen LogP contribution in [-0.2, 0) is 13.1 Å². The lowest BCUT2D eigenvalue weighted by molar-refractivity contribution is 0.338. The molecule has 4 rings (SSSR count). The minimum Gasteiger partial charge on any atom is -0.340 e. The molecule has 1 aliphatic heterocycles. The molecule has 2 heterocycles. The molecule has 0 spiro atoms. The summed E-state index contributed by atoms with van der Waals surface area (Å²) in [5.41, 5.74) is 5.80. The minimum absolute atomic E-state index is 0.742. The van der Waals surface area contributed by atoms with Crippen LogP contribution in [0.4, 0.5) is 5.69 Å². The molecule has 0 fully saturated rings. The Morgan fingerprint density at radius 3 is 2.58 bits per heavy atom. The van der Waals surface area contributed by atoms with E-state index in [9.17, 15) is 0 Å². The molecule has 4 nitrogen and oxygen atoms in total. The van der Waals surface area contributed by atoms with Gasteiger partial charge in [-0.3, -0.25) is 0 Å². The third-order valence-corrected chi connectivity index (χ3v) is 5.02. The van der Waals surface area contributed by atoms with Crippen LogP contribution >= 0.6 is 12.2 Å². The molecule has 24 heavy (non-hydrogen) atoms. The summed E-state index contributed by atoms with van der Waals surface area (Å²) in [6, 6.07) is 14.6. The fraction of sp³-hybridized carbons (Fsp3) is 0.263. The van der Waals surface area contributed by atoms with Crippen LogP contribution in [0.1, 0.15) is 17.0 Å². The van der Waals surface area contributed by atoms with Gasteiger partial charge in [-0.2, -0.15) is 0 Å². The zero-order chi connectivity index (χ0) is 16.7. The van der Waals surface area contributed by atoms with Crippen molar-refractivity contribution in [3.05, 3.63) is 59.4 Å². The van der Waals surface area contributed by atoms with Crippen molar-refractivity contribution < 1.29 is 0 Å². The van der Waals surface area contributed by atoms with Crippen molar-refractivity contribution in [2.24, 2.45) is 0 Å². The number of nitrogens with zero attached hydrogens (tertiary/aromatic N) is 3. The lowest BCUT2D eigenvalue weighted by Crippen LogP contribution is -2.40. The number of aryl methyl sites for hydroxylation is 2. The first-order chi connectivity index (χ1) is 11.6. The normalized spacial score (nSPS) is 13.8. The maximum Gasteiger partial charge on any atom is 0.173 e. The second-order valence-electron chi connectivity index (χ2n) is 6.29. The van der Waals surface area contributed by atoms with Gasteiger partial charge in [-0.25, -0.2) is 4.98 Å². The second kappa shape index (κ2) is 5.91. The quantitative estimate of drug-likeness (QED) is 0.684. The van der Waals surface area contributed by atoms with Crippen molar-refractivity contribution in [2.75, 3.05) is 11.9 Å². The second-order valence-corrected chi connectivity index (χ2v) is 6.67. The summed E-state index contributed by atoms with van der Waals surface area (Å²) in [5.74, 6) is 1.08. The molecule has 0 radical (unpaired) electrons. The van der Waals surface area contributed by atoms with Gasteiger partial charge < -0.3 is 14.8 Å². The Hall–Kier alpha value is -2.40. The van der Waals surface area contributed by atoms with Gasteiger partial charge in [-0.1, -0.05) is 30.3 Å². The highest BCUT2D eigenvalue weighted by Crippen LogP contribution is 2.23. The predicted molar refractivity (Wildman–Crippen MR) is 102 cm³/mol. The molecule has 0 amide bonds. The lowest BCUT2D eigenvalue weighted by atomic mass is 10.1. The Bertz CT molecular complexity index is 908. The highest BCUT2D eigenvalue weighted by atomic mass is 32.1. The van der Waals surface area contributed by atoms with E-state index >= 15 is 0 Å². The number of imidazole rings is 1. The van der Waals surface area contributed by atoms with Crippen LogP contribution in [0.5, 0.6) is 0 Å². The molecule has 1 N–H and O–H groups in total. The topological polar surface area (TPSA) is 33.1 Å². The summed E-state index contributed by atoms with van der Waals surface area (Å²) in [4.78, 5) is 6.96. The Morgan fingerprint density at radius 1 is 1.04 bits per heavy atom. The van der Waals surface area contributed by atoms with Crippen LogP contribution in [0.3, 0.4) is 0 Å². The summed E-state index contributed by atoms with van der Waals surface area (Å²) in [6.07, 6.45) is 0. The first-order valence-electron chi connectivity index (χ1n) is 8.20. The van der Waals surface area contributed by atoms with Crippen molar-refractivity contribution in [3.63, 3.8) is 0 Å². The summed E-state index contributed by atoms with van der Waals surface area (Å²) in [6.45, 7) is 6.75. The van der Waals surface area contributed by atoms with E-state index in [2.05, 4.69) is 65.0 Å². The monoisotopic (exact) mass is 336 g/mol. The van der Waals surface area contributed by atoms with Gasteiger partial charge in [0.1, 0.15) is 5.82 Å². The predicted octanol–water partition coefficient (Wildman–Crippen LogP) is 3.87. The standard InChI is InChI=1S/C19H20N4S/c1-13-6-5-7-14(2)18(13)21-19(24)22-10-11-23-16-9-4-3-8-15(16)20-17(23)12-22/h3-9H,10-12H2,1-2H3,(H,21,24). The maximum absolute atomic E-state index is 5.66. The van der Waals surface area contributed by atoms with E-state index in [0.717, 1.165) is 41.8 Å². The van der Waals surface area contributed by atoms with Gasteiger partial charge in [0.15, 0.2) is 5.11 Å². The third kappa shape index (κ3) is 2.55. The number of nitrogens with one attached hydrogen (secondary N) is 1. The SMILES string of the molecule is Cc1cccc(C)c1NC(=S)N1CCn2c(nc3ccccc32)C1. The number of anilines is 1. The average molecular weight is 336 g/mol. The van der Waals surface area contributed by atoms with Crippen molar-refractivity contribution in [2.45, 2.75) is 26.9 Å². The summed E-state index contributed by atoms with van der Waals surface area (Å²) in [7, 11) is 0. The average Bonchev–Trinajstić information content (AvgIpc) is 2.96. The van der Waals surface area contributed by atoms with Crippen molar-refractivity contribution in [1.82, 2.24) is 14.5 Å². The zero-order valence-corrected chi connectivity index (χ0v) is 14.7. The van der Waals surface area contributed by atoms with Gasteiger partial charge in [-0.05, 0) is 49.3 Å². The molecule has 0 saturated heterocycles. The number of para-hydroxylation sites is 3. The van der Waals surface area contributed by atoms with Crippen molar-refractivity contribution >= 4 is 34.1 Å². The summed E-state index contributed by atoms with van der Waals surface area (Å²) < 4.78 is 2.30. The van der Waals surface area contributed by atoms with Gasteiger partial charge in [0.05, 0.1) is 17.6 Å². The maximum atomic E-state index is 5.66. The first kappa shape index (κ1) is 15.1. The molecule has 0 bridgehead atoms. The van der Waals surface area contributed by atoms with E-state index in [1.807, 2.05) is 6.07 Å². The zero-order valence-electron chi connectivity index (χ0n) is 13.9. The van der Waals surface area contributed by atoms with Crippen molar-refractivity contribution in [1.29, 1.82) is 0 Å². The van der Waals surface area contributed by atoms with Gasteiger partial charge in [0.25, 0.3) is 0 Å². The number of hydrogen-bond donors (Lipinski definition) is 1. The highest BCUT2D eigenvalue weighted by molar-refractivity contribution is 7.80. The minimum atomic E-state index is 0.742. The summed E-state index contributed by atoms with van der Waals surface area (Å²) >= 11 is 5.66. The van der Waals surface area contributed by atoms with Gasteiger partial charge in [-0.15, -0.1) is 0 Å². The van der Waals surface area contributed by atoms with Crippen LogP contribution in [-0.4, -0.2) is 26.1 Å². The van der Waals surface area contributed by atoms with Crippen LogP contribution in [0.2, 0.25) is 0 Å². The lowest BCUT2D eigenvalue weighted by Gasteiger charge is -2.31. The van der Waals surface area contributed by atoms with Gasteiger partial charge >= 0.3 is 0 Å². The third-order valence-electron chi connectivity index (χ3n) is 4.66. The Labute approximate surface area is 147 Å². The van der Waals surface area contributed by atoms with E-state index in [4.69, 9.17) is 17.2 Å². The largest absolute Gasteiger partial charge is 0.340 e. The smallest absolute Gasteiger partial charge is 0.173 e. The Morgan fingerprint density at radius 2 is 1.79 bits per heavy atom. The molecule has 122 valence electrons. The number of fused-ring (bicyclic) bond motifs is 3. The van der Waals surface area contributed by atoms with E-state index in [1.54, 1.807) is 0 Å². The molecule has 0 unspecified atom stereocenters. The summed E-state index contributed by atoms with van der Waals surface area (Å²) in [5, 5.41) is 4.20. The Balaban J connectivity index is 1.57. The Kier molecular flexibility index (Phi) is 3.73. The highest BCUT2D eigenvalue weighted by Gasteiger charge is 2.22. The van der Waals surface area contributed by atoms with E-state index in [-0.39, 0.29) is 0 Å². The number of rotatable bonds is 1. The first-order valence-corrected chi connectivity index (χ1v) is 8.60. The van der Waals surface area contributed by atoms with Gasteiger partial charge in [0, 0.05) is 18.8 Å². The number of aromatic nitrogens is 2. The molecule has 1 aromatic heterocycles. The molecule has 1 aliphatic rings. The number of thiocarbonyl (C=S) groups is 1. The van der Waals surface area contributed by atoms with Crippen LogP contribution < -0.4 is 5.32 Å². The molecular formula is C19H20N4S. The molecule has 5 heteroatoms. The van der Waals surface area contributed by atoms with Crippen molar-refractivity contribution in [3.8, 4) is 0 Å². The molecule has 0 aliphatic carbocycles. The van der Waals surface area contributed by atoms with Crippen LogP contribution in [0, 0.1) is 13.8 Å². The van der Waals surface area contributed by atoms with Crippen LogP contribution in [0.25, 0.3) is 11.0 Å². The van der Waals surface area contributed by atoms with E-state index in [0.29, 0.717) is 0 Å². The fourth-order valence-electron chi connectivity index (χ4n) is 3.34. The fourth-order valence-corrected chi connectivity index (χ4v) is 3.59. The van der Waals surface area contributed by atoms with E-state index in [1.165, 1.54) is 16.6 Å². The molecule has 0 saturated carbocycles. The molecule has 0 atom stereocenters. The molecular weight excluding hydrogens is 316 g/mol. The molecule has 2 aromatic carbocycles.